The van der Waals surface area contributed by atoms with Crippen molar-refractivity contribution in [1.29, 1.82) is 0 Å². The lowest BCUT2D eigenvalue weighted by molar-refractivity contribution is 0.289. The van der Waals surface area contributed by atoms with Crippen molar-refractivity contribution >= 4 is 71.5 Å². The standard InChI is InChI=1S/C14H11Br4O4P/c1-7-11(17)3-9(15)5-13(7)21-23(19,20)22-14-6-10(16)4-12(18)8(14)2/h3-6H,1-2H3,(H,19,20). The highest BCUT2D eigenvalue weighted by Gasteiger charge is 2.28. The largest absolute Gasteiger partial charge is 0.584 e. The molecule has 0 spiro atoms. The minimum absolute atomic E-state index is 0.254. The summed E-state index contributed by atoms with van der Waals surface area (Å²) in [7, 11) is -4.35. The average Bonchev–Trinajstić information content (AvgIpc) is 2.40. The van der Waals surface area contributed by atoms with Crippen LogP contribution in [0.25, 0.3) is 0 Å². The second kappa shape index (κ2) is 7.58. The quantitative estimate of drug-likeness (QED) is 0.392. The highest BCUT2D eigenvalue weighted by Crippen LogP contribution is 2.48. The van der Waals surface area contributed by atoms with Gasteiger partial charge in [0.1, 0.15) is 11.5 Å². The first kappa shape index (κ1) is 19.5. The molecular weight excluding hydrogens is 583 g/mol. The Hall–Kier alpha value is 0.150. The summed E-state index contributed by atoms with van der Waals surface area (Å²) in [6.07, 6.45) is 0. The van der Waals surface area contributed by atoms with Crippen molar-refractivity contribution in [2.75, 3.05) is 0 Å². The monoisotopic (exact) mass is 590 g/mol. The van der Waals surface area contributed by atoms with Crippen molar-refractivity contribution in [2.24, 2.45) is 0 Å². The number of hydrogen-bond donors (Lipinski definition) is 1. The van der Waals surface area contributed by atoms with Crippen LogP contribution in [-0.2, 0) is 4.57 Å². The zero-order valence-corrected chi connectivity index (χ0v) is 19.2. The summed E-state index contributed by atoms with van der Waals surface area (Å²) in [6.45, 7) is 3.54. The van der Waals surface area contributed by atoms with E-state index in [1.807, 2.05) is 12.1 Å². The molecule has 2 aromatic rings. The van der Waals surface area contributed by atoms with Crippen LogP contribution in [0.5, 0.6) is 11.5 Å². The molecular formula is C14H11Br4O4P. The summed E-state index contributed by atoms with van der Waals surface area (Å²) in [6, 6.07) is 6.86. The Kier molecular flexibility index (Phi) is 6.42. The molecule has 0 saturated carbocycles. The van der Waals surface area contributed by atoms with Crippen LogP contribution in [0.1, 0.15) is 11.1 Å². The first-order valence-corrected chi connectivity index (χ1v) is 10.9. The second-order valence-electron chi connectivity index (χ2n) is 4.67. The Morgan fingerprint density at radius 2 is 1.17 bits per heavy atom. The summed E-state index contributed by atoms with van der Waals surface area (Å²) in [5.41, 5.74) is 1.39. The van der Waals surface area contributed by atoms with Gasteiger partial charge in [-0.15, -0.1) is 0 Å². The molecule has 0 radical (unpaired) electrons. The summed E-state index contributed by atoms with van der Waals surface area (Å²) >= 11 is 13.4. The molecule has 0 amide bonds. The van der Waals surface area contributed by atoms with Crippen LogP contribution in [0, 0.1) is 13.8 Å². The maximum Gasteiger partial charge on any atom is 0.584 e. The fourth-order valence-electron chi connectivity index (χ4n) is 1.70. The molecule has 0 aromatic heterocycles. The zero-order chi connectivity index (χ0) is 17.4. The molecule has 124 valence electrons. The van der Waals surface area contributed by atoms with Crippen LogP contribution in [0.4, 0.5) is 0 Å². The molecule has 0 atom stereocenters. The molecule has 0 fully saturated rings. The molecule has 9 heteroatoms. The topological polar surface area (TPSA) is 55.8 Å². The molecule has 2 rings (SSSR count). The molecule has 0 heterocycles. The maximum atomic E-state index is 12.4. The van der Waals surface area contributed by atoms with Crippen LogP contribution in [-0.4, -0.2) is 4.89 Å². The number of hydrogen-bond acceptors (Lipinski definition) is 3. The number of halogens is 4. The molecule has 0 saturated heterocycles. The summed E-state index contributed by atoms with van der Waals surface area (Å²) in [5, 5.41) is 0. The van der Waals surface area contributed by atoms with E-state index in [2.05, 4.69) is 63.7 Å². The Morgan fingerprint density at radius 1 is 0.826 bits per heavy atom. The van der Waals surface area contributed by atoms with E-state index in [0.717, 1.165) is 8.95 Å². The third-order valence-electron chi connectivity index (χ3n) is 2.95. The van der Waals surface area contributed by atoms with Crippen LogP contribution in [0.2, 0.25) is 0 Å². The summed E-state index contributed by atoms with van der Waals surface area (Å²) in [4.78, 5) is 10.1. The number of phosphoric ester groups is 1. The fourth-order valence-corrected chi connectivity index (χ4v) is 4.99. The van der Waals surface area contributed by atoms with E-state index in [-0.39, 0.29) is 11.5 Å². The van der Waals surface area contributed by atoms with Gasteiger partial charge in [0.15, 0.2) is 0 Å². The van der Waals surface area contributed by atoms with E-state index in [1.54, 1.807) is 26.0 Å². The SMILES string of the molecule is Cc1c(Br)cc(Br)cc1OP(=O)(O)Oc1cc(Br)cc(Br)c1C. The van der Waals surface area contributed by atoms with Gasteiger partial charge in [-0.25, -0.2) is 4.57 Å². The summed E-state index contributed by atoms with van der Waals surface area (Å²) < 4.78 is 25.7. The second-order valence-corrected chi connectivity index (χ2v) is 9.51. The maximum absolute atomic E-state index is 12.4. The van der Waals surface area contributed by atoms with Gasteiger partial charge in [0, 0.05) is 29.0 Å². The zero-order valence-electron chi connectivity index (χ0n) is 11.9. The molecule has 0 bridgehead atoms. The normalized spacial score (nSPS) is 11.4. The highest BCUT2D eigenvalue weighted by molar-refractivity contribution is 9.11. The van der Waals surface area contributed by atoms with E-state index < -0.39 is 7.82 Å². The first-order valence-electron chi connectivity index (χ1n) is 6.22. The van der Waals surface area contributed by atoms with Crippen molar-refractivity contribution in [1.82, 2.24) is 0 Å². The predicted octanol–water partition coefficient (Wildman–Crippen LogP) is 6.91. The van der Waals surface area contributed by atoms with Gasteiger partial charge in [-0.05, 0) is 38.1 Å². The van der Waals surface area contributed by atoms with Crippen LogP contribution in [0.15, 0.2) is 42.2 Å². The smallest absolute Gasteiger partial charge is 0.395 e. The van der Waals surface area contributed by atoms with Crippen molar-refractivity contribution in [2.45, 2.75) is 13.8 Å². The Morgan fingerprint density at radius 3 is 1.52 bits per heavy atom. The molecule has 0 aliphatic rings. The molecule has 1 N–H and O–H groups in total. The lowest BCUT2D eigenvalue weighted by atomic mass is 10.2. The van der Waals surface area contributed by atoms with E-state index in [1.165, 1.54) is 0 Å². The fraction of sp³-hybridized carbons (Fsp3) is 0.143. The lowest BCUT2D eigenvalue weighted by Crippen LogP contribution is -2.02. The third kappa shape index (κ3) is 5.06. The molecule has 23 heavy (non-hydrogen) atoms. The van der Waals surface area contributed by atoms with Gasteiger partial charge in [0.25, 0.3) is 0 Å². The number of benzene rings is 2. The average molecular weight is 594 g/mol. The van der Waals surface area contributed by atoms with E-state index in [4.69, 9.17) is 9.05 Å². The van der Waals surface area contributed by atoms with Gasteiger partial charge in [0.2, 0.25) is 0 Å². The summed E-state index contributed by atoms with van der Waals surface area (Å²) in [5.74, 6) is 0.507. The highest BCUT2D eigenvalue weighted by atomic mass is 79.9. The first-order chi connectivity index (χ1) is 10.6. The molecule has 0 aliphatic heterocycles. The van der Waals surface area contributed by atoms with Gasteiger partial charge in [-0.2, -0.15) is 0 Å². The van der Waals surface area contributed by atoms with Crippen molar-refractivity contribution < 1.29 is 18.5 Å². The van der Waals surface area contributed by atoms with Crippen LogP contribution in [0.3, 0.4) is 0 Å². The van der Waals surface area contributed by atoms with Gasteiger partial charge in [-0.1, -0.05) is 63.7 Å². The van der Waals surface area contributed by atoms with Crippen LogP contribution < -0.4 is 9.05 Å². The number of phosphoric acid groups is 1. The van der Waals surface area contributed by atoms with E-state index in [9.17, 15) is 9.46 Å². The van der Waals surface area contributed by atoms with E-state index >= 15 is 0 Å². The van der Waals surface area contributed by atoms with Gasteiger partial charge >= 0.3 is 7.82 Å². The Balaban J connectivity index is 2.32. The molecule has 0 unspecified atom stereocenters. The molecule has 4 nitrogen and oxygen atoms in total. The molecule has 2 aromatic carbocycles. The Labute approximate surface area is 167 Å². The van der Waals surface area contributed by atoms with Gasteiger partial charge < -0.3 is 9.05 Å². The Bertz CT molecular complexity index is 746. The van der Waals surface area contributed by atoms with Crippen molar-refractivity contribution in [3.63, 3.8) is 0 Å². The lowest BCUT2D eigenvalue weighted by Gasteiger charge is -2.18. The number of rotatable bonds is 4. The van der Waals surface area contributed by atoms with Crippen LogP contribution >= 0.6 is 71.5 Å². The van der Waals surface area contributed by atoms with Gasteiger partial charge in [-0.3, -0.25) is 4.89 Å². The predicted molar refractivity (Wildman–Crippen MR) is 104 cm³/mol. The van der Waals surface area contributed by atoms with Crippen molar-refractivity contribution in [3.8, 4) is 11.5 Å². The molecule has 0 aliphatic carbocycles. The third-order valence-corrected chi connectivity index (χ3v) is 6.37. The minimum Gasteiger partial charge on any atom is -0.395 e. The van der Waals surface area contributed by atoms with Crippen molar-refractivity contribution in [3.05, 3.63) is 53.3 Å². The van der Waals surface area contributed by atoms with Gasteiger partial charge in [0.05, 0.1) is 0 Å². The minimum atomic E-state index is -4.35. The van der Waals surface area contributed by atoms with E-state index in [0.29, 0.717) is 20.1 Å².